The minimum Gasteiger partial charge on any atom is -0.465 e. The summed E-state index contributed by atoms with van der Waals surface area (Å²) in [6, 6.07) is 6.15. The summed E-state index contributed by atoms with van der Waals surface area (Å²) in [5.74, 6) is -0.0825. The van der Waals surface area contributed by atoms with Crippen LogP contribution in [0.5, 0.6) is 0 Å². The predicted octanol–water partition coefficient (Wildman–Crippen LogP) is 4.27. The average Bonchev–Trinajstić information content (AvgIpc) is 3.46. The number of likely N-dealkylation sites (tertiary alicyclic amines) is 1. The summed E-state index contributed by atoms with van der Waals surface area (Å²) in [6.45, 7) is 6.94. The number of hydrogen-bond acceptors (Lipinski definition) is 5. The third kappa shape index (κ3) is 4.09. The van der Waals surface area contributed by atoms with Crippen molar-refractivity contribution in [1.82, 2.24) is 14.7 Å². The third-order valence-corrected chi connectivity index (χ3v) is 5.58. The van der Waals surface area contributed by atoms with Crippen molar-refractivity contribution >= 4 is 23.0 Å². The van der Waals surface area contributed by atoms with Crippen LogP contribution in [0.2, 0.25) is 0 Å². The number of esters is 1. The summed E-state index contributed by atoms with van der Waals surface area (Å²) < 4.78 is 12.5. The van der Waals surface area contributed by atoms with Crippen molar-refractivity contribution in [3.63, 3.8) is 0 Å². The number of piperidine rings is 1. The topological polar surface area (TPSA) is 73.7 Å². The van der Waals surface area contributed by atoms with Crippen molar-refractivity contribution in [2.45, 2.75) is 64.0 Å². The summed E-state index contributed by atoms with van der Waals surface area (Å²) in [4.78, 5) is 26.2. The van der Waals surface area contributed by atoms with Gasteiger partial charge < -0.3 is 14.4 Å². The number of rotatable bonds is 3. The summed E-state index contributed by atoms with van der Waals surface area (Å²) in [6.07, 6.45) is 3.70. The van der Waals surface area contributed by atoms with Crippen molar-refractivity contribution in [3.8, 4) is 0 Å². The molecule has 2 aliphatic rings. The van der Waals surface area contributed by atoms with E-state index in [9.17, 15) is 9.59 Å². The maximum Gasteiger partial charge on any atom is 0.410 e. The molecule has 0 unspecified atom stereocenters. The number of hydrogen-bond donors (Lipinski definition) is 0. The Morgan fingerprint density at radius 1 is 1.10 bits per heavy atom. The molecule has 0 atom stereocenters. The minimum atomic E-state index is -0.489. The Morgan fingerprint density at radius 3 is 2.38 bits per heavy atom. The van der Waals surface area contributed by atoms with Crippen LogP contribution in [0.25, 0.3) is 10.9 Å². The van der Waals surface area contributed by atoms with E-state index in [1.165, 1.54) is 7.11 Å². The van der Waals surface area contributed by atoms with Crippen LogP contribution in [-0.4, -0.2) is 52.5 Å². The van der Waals surface area contributed by atoms with Crippen LogP contribution >= 0.6 is 0 Å². The Labute approximate surface area is 170 Å². The molecular formula is C22H29N3O4. The number of aromatic nitrogens is 2. The maximum atomic E-state index is 12.4. The molecule has 1 saturated heterocycles. The highest BCUT2D eigenvalue weighted by Gasteiger charge is 2.32. The van der Waals surface area contributed by atoms with Gasteiger partial charge in [-0.2, -0.15) is 5.10 Å². The van der Waals surface area contributed by atoms with E-state index in [0.717, 1.165) is 42.3 Å². The Balaban J connectivity index is 1.57. The van der Waals surface area contributed by atoms with Crippen molar-refractivity contribution < 1.29 is 19.1 Å². The van der Waals surface area contributed by atoms with Gasteiger partial charge in [-0.3, -0.25) is 4.68 Å². The molecule has 0 radical (unpaired) electrons. The predicted molar refractivity (Wildman–Crippen MR) is 109 cm³/mol. The van der Waals surface area contributed by atoms with Crippen LogP contribution in [0.4, 0.5) is 4.79 Å². The Bertz CT molecular complexity index is 931. The summed E-state index contributed by atoms with van der Waals surface area (Å²) in [5, 5.41) is 5.98. The molecule has 0 N–H and O–H groups in total. The van der Waals surface area contributed by atoms with Gasteiger partial charge in [-0.25, -0.2) is 9.59 Å². The van der Waals surface area contributed by atoms with Crippen LogP contribution in [-0.2, 0) is 9.47 Å². The van der Waals surface area contributed by atoms with Gasteiger partial charge in [0.1, 0.15) is 5.60 Å². The minimum absolute atomic E-state index is 0.253. The van der Waals surface area contributed by atoms with Gasteiger partial charge in [0.05, 0.1) is 29.9 Å². The Kier molecular flexibility index (Phi) is 5.00. The molecule has 29 heavy (non-hydrogen) atoms. The smallest absolute Gasteiger partial charge is 0.410 e. The zero-order chi connectivity index (χ0) is 20.8. The number of carbonyl (C=O) groups is 2. The van der Waals surface area contributed by atoms with Crippen molar-refractivity contribution in [1.29, 1.82) is 0 Å². The quantitative estimate of drug-likeness (QED) is 0.721. The van der Waals surface area contributed by atoms with Crippen molar-refractivity contribution in [3.05, 3.63) is 29.5 Å². The lowest BCUT2D eigenvalue weighted by atomic mass is 9.91. The largest absolute Gasteiger partial charge is 0.465 e. The molecule has 1 saturated carbocycles. The molecule has 156 valence electrons. The first-order valence-corrected chi connectivity index (χ1v) is 10.4. The van der Waals surface area contributed by atoms with Gasteiger partial charge in [0.25, 0.3) is 0 Å². The summed E-state index contributed by atoms with van der Waals surface area (Å²) >= 11 is 0. The molecule has 4 rings (SSSR count). The van der Waals surface area contributed by atoms with Crippen LogP contribution in [0.3, 0.4) is 0 Å². The number of benzene rings is 1. The molecule has 1 aromatic carbocycles. The van der Waals surface area contributed by atoms with Crippen LogP contribution in [0.1, 0.15) is 74.5 Å². The van der Waals surface area contributed by atoms with Crippen LogP contribution < -0.4 is 0 Å². The number of amides is 1. The Morgan fingerprint density at radius 2 is 1.79 bits per heavy atom. The molecule has 1 aliphatic heterocycles. The van der Waals surface area contributed by atoms with E-state index in [4.69, 9.17) is 14.6 Å². The lowest BCUT2D eigenvalue weighted by molar-refractivity contribution is 0.0204. The molecule has 1 aromatic heterocycles. The molecule has 0 bridgehead atoms. The highest BCUT2D eigenvalue weighted by Crippen LogP contribution is 2.40. The lowest BCUT2D eigenvalue weighted by Gasteiger charge is -2.33. The second-order valence-electron chi connectivity index (χ2n) is 9.03. The fraction of sp³-hybridized carbons (Fsp3) is 0.591. The molecule has 1 amide bonds. The Hall–Kier alpha value is -2.57. The molecule has 1 aliphatic carbocycles. The number of ether oxygens (including phenoxy) is 2. The fourth-order valence-electron chi connectivity index (χ4n) is 3.97. The second kappa shape index (κ2) is 7.35. The third-order valence-electron chi connectivity index (χ3n) is 5.58. The van der Waals surface area contributed by atoms with E-state index >= 15 is 0 Å². The average molecular weight is 399 g/mol. The molecule has 2 heterocycles. The van der Waals surface area contributed by atoms with Crippen LogP contribution in [0.15, 0.2) is 18.2 Å². The van der Waals surface area contributed by atoms with Gasteiger partial charge in [-0.05, 0) is 64.7 Å². The number of nitrogens with zero attached hydrogens (tertiary/aromatic N) is 3. The summed E-state index contributed by atoms with van der Waals surface area (Å²) in [7, 11) is 1.40. The number of carbonyl (C=O) groups excluding carboxylic acids is 2. The van der Waals surface area contributed by atoms with Crippen molar-refractivity contribution in [2.24, 2.45) is 0 Å². The van der Waals surface area contributed by atoms with Crippen LogP contribution in [0, 0.1) is 0 Å². The number of methoxy groups -OCH3 is 1. The lowest BCUT2D eigenvalue weighted by Crippen LogP contribution is -2.41. The highest BCUT2D eigenvalue weighted by molar-refractivity contribution is 5.95. The van der Waals surface area contributed by atoms with Gasteiger partial charge in [0, 0.05) is 24.4 Å². The van der Waals surface area contributed by atoms with Gasteiger partial charge in [0.15, 0.2) is 0 Å². The molecule has 0 spiro atoms. The zero-order valence-corrected chi connectivity index (χ0v) is 17.6. The fourth-order valence-corrected chi connectivity index (χ4v) is 3.97. The summed E-state index contributed by atoms with van der Waals surface area (Å²) in [5.41, 5.74) is 2.16. The van der Waals surface area contributed by atoms with E-state index < -0.39 is 5.60 Å². The highest BCUT2D eigenvalue weighted by atomic mass is 16.6. The van der Waals surface area contributed by atoms with E-state index in [1.54, 1.807) is 4.90 Å². The van der Waals surface area contributed by atoms with E-state index in [0.29, 0.717) is 24.7 Å². The normalized spacial score (nSPS) is 18.1. The SMILES string of the molecule is COC(=O)c1ccc2c(c1)c(C1CCN(C(=O)OC(C)(C)C)CC1)nn2C1CC1. The van der Waals surface area contributed by atoms with Gasteiger partial charge in [-0.15, -0.1) is 0 Å². The first kappa shape index (κ1) is 19.7. The number of fused-ring (bicyclic) bond motifs is 1. The van der Waals surface area contributed by atoms with E-state index in [2.05, 4.69) is 4.68 Å². The molecule has 7 heteroatoms. The monoisotopic (exact) mass is 399 g/mol. The van der Waals surface area contributed by atoms with Gasteiger partial charge in [-0.1, -0.05) is 0 Å². The van der Waals surface area contributed by atoms with E-state index in [1.807, 2.05) is 39.0 Å². The molecule has 2 aromatic rings. The molecule has 2 fully saturated rings. The maximum absolute atomic E-state index is 12.4. The molecular weight excluding hydrogens is 370 g/mol. The first-order chi connectivity index (χ1) is 13.8. The second-order valence-corrected chi connectivity index (χ2v) is 9.03. The first-order valence-electron chi connectivity index (χ1n) is 10.4. The van der Waals surface area contributed by atoms with Gasteiger partial charge >= 0.3 is 12.1 Å². The zero-order valence-electron chi connectivity index (χ0n) is 17.6. The standard InChI is InChI=1S/C22H29N3O4/c1-22(2,3)29-21(27)24-11-9-14(10-12-24)19-17-13-15(20(26)28-4)5-8-18(17)25(23-19)16-6-7-16/h5,8,13-14,16H,6-7,9-12H2,1-4H3. The van der Waals surface area contributed by atoms with E-state index in [-0.39, 0.29) is 18.0 Å². The van der Waals surface area contributed by atoms with Gasteiger partial charge in [0.2, 0.25) is 0 Å². The molecule has 7 nitrogen and oxygen atoms in total. The van der Waals surface area contributed by atoms with Crippen molar-refractivity contribution in [2.75, 3.05) is 20.2 Å².